The molecule has 0 aromatic carbocycles. The van der Waals surface area contributed by atoms with E-state index >= 15 is 0 Å². The van der Waals surface area contributed by atoms with E-state index in [1.807, 2.05) is 0 Å². The minimum absolute atomic E-state index is 0.0642. The Morgan fingerprint density at radius 3 is 2.30 bits per heavy atom. The Balaban J connectivity index is 2.34. The van der Waals surface area contributed by atoms with Crippen LogP contribution in [0, 0.1) is 5.92 Å². The Morgan fingerprint density at radius 1 is 1.20 bits per heavy atom. The maximum atomic E-state index is 12.1. The van der Waals surface area contributed by atoms with Gasteiger partial charge >= 0.3 is 5.97 Å². The highest BCUT2D eigenvalue weighted by atomic mass is 32.2. The molecule has 0 spiro atoms. The minimum atomic E-state index is -3.29. The van der Waals surface area contributed by atoms with Crippen molar-refractivity contribution < 1.29 is 18.3 Å². The van der Waals surface area contributed by atoms with Crippen molar-refractivity contribution in [2.24, 2.45) is 5.92 Å². The first-order chi connectivity index (χ1) is 9.31. The standard InChI is InChI=1S/C13H26N2O4S/c1-12(2)5-6-14-7-9-15(10-8-14)20(18,19)11-3-4-13(16)17/h12H,3-11H2,1-2H3,(H,16,17). The van der Waals surface area contributed by atoms with Gasteiger partial charge in [0.1, 0.15) is 0 Å². The molecule has 0 radical (unpaired) electrons. The first-order valence-corrected chi connectivity index (χ1v) is 8.84. The predicted octanol–water partition coefficient (Wildman–Crippen LogP) is 0.845. The molecule has 0 aromatic rings. The Morgan fingerprint density at radius 2 is 1.80 bits per heavy atom. The van der Waals surface area contributed by atoms with E-state index in [9.17, 15) is 13.2 Å². The van der Waals surface area contributed by atoms with Gasteiger partial charge < -0.3 is 10.0 Å². The maximum Gasteiger partial charge on any atom is 0.303 e. The number of carboxylic acid groups (broad SMARTS) is 1. The molecule has 0 atom stereocenters. The highest BCUT2D eigenvalue weighted by Crippen LogP contribution is 2.11. The average molecular weight is 306 g/mol. The quantitative estimate of drug-likeness (QED) is 0.719. The second kappa shape index (κ2) is 7.95. The lowest BCUT2D eigenvalue weighted by molar-refractivity contribution is -0.137. The van der Waals surface area contributed by atoms with Crippen LogP contribution in [0.25, 0.3) is 0 Å². The lowest BCUT2D eigenvalue weighted by atomic mass is 10.1. The van der Waals surface area contributed by atoms with Crippen LogP contribution in [-0.4, -0.2) is 67.2 Å². The van der Waals surface area contributed by atoms with E-state index in [0.29, 0.717) is 19.0 Å². The third-order valence-electron chi connectivity index (χ3n) is 3.54. The van der Waals surface area contributed by atoms with Gasteiger partial charge in [-0.15, -0.1) is 0 Å². The van der Waals surface area contributed by atoms with Crippen LogP contribution in [0.5, 0.6) is 0 Å². The molecule has 0 saturated carbocycles. The van der Waals surface area contributed by atoms with Crippen molar-refractivity contribution in [1.29, 1.82) is 0 Å². The molecular weight excluding hydrogens is 280 g/mol. The summed E-state index contributed by atoms with van der Waals surface area (Å²) in [7, 11) is -3.29. The Bertz CT molecular complexity index is 401. The first-order valence-electron chi connectivity index (χ1n) is 7.23. The summed E-state index contributed by atoms with van der Waals surface area (Å²) in [5, 5.41) is 8.54. The van der Waals surface area contributed by atoms with Gasteiger partial charge in [0, 0.05) is 32.6 Å². The summed E-state index contributed by atoms with van der Waals surface area (Å²) in [6.07, 6.45) is 1.23. The zero-order valence-corrected chi connectivity index (χ0v) is 13.2. The van der Waals surface area contributed by atoms with Crippen molar-refractivity contribution in [2.45, 2.75) is 33.1 Å². The van der Waals surface area contributed by atoms with Gasteiger partial charge in [-0.2, -0.15) is 4.31 Å². The molecule has 1 rings (SSSR count). The van der Waals surface area contributed by atoms with Crippen LogP contribution in [0.2, 0.25) is 0 Å². The lowest BCUT2D eigenvalue weighted by Gasteiger charge is -2.34. The molecule has 7 heteroatoms. The Labute approximate surface area is 121 Å². The molecule has 0 amide bonds. The average Bonchev–Trinajstić information content (AvgIpc) is 2.36. The van der Waals surface area contributed by atoms with Crippen molar-refractivity contribution in [3.05, 3.63) is 0 Å². The van der Waals surface area contributed by atoms with Gasteiger partial charge in [-0.05, 0) is 25.3 Å². The van der Waals surface area contributed by atoms with Gasteiger partial charge in [-0.25, -0.2) is 8.42 Å². The molecular formula is C13H26N2O4S. The first kappa shape index (κ1) is 17.4. The van der Waals surface area contributed by atoms with Crippen molar-refractivity contribution in [1.82, 2.24) is 9.21 Å². The molecule has 0 unspecified atom stereocenters. The van der Waals surface area contributed by atoms with Crippen LogP contribution in [0.15, 0.2) is 0 Å². The van der Waals surface area contributed by atoms with E-state index < -0.39 is 16.0 Å². The molecule has 118 valence electrons. The molecule has 1 aliphatic rings. The van der Waals surface area contributed by atoms with Gasteiger partial charge in [-0.3, -0.25) is 4.79 Å². The fraction of sp³-hybridized carbons (Fsp3) is 0.923. The molecule has 0 aliphatic carbocycles. The zero-order chi connectivity index (χ0) is 15.2. The van der Waals surface area contributed by atoms with Crippen molar-refractivity contribution in [3.63, 3.8) is 0 Å². The fourth-order valence-corrected chi connectivity index (χ4v) is 3.69. The number of piperazine rings is 1. The van der Waals surface area contributed by atoms with Crippen molar-refractivity contribution in [3.8, 4) is 0 Å². The van der Waals surface area contributed by atoms with Crippen LogP contribution in [0.3, 0.4) is 0 Å². The Hall–Kier alpha value is -0.660. The number of nitrogens with zero attached hydrogens (tertiary/aromatic N) is 2. The number of carbonyl (C=O) groups is 1. The number of sulfonamides is 1. The number of hydrogen-bond acceptors (Lipinski definition) is 4. The van der Waals surface area contributed by atoms with Crippen LogP contribution < -0.4 is 0 Å². The van der Waals surface area contributed by atoms with E-state index in [1.165, 1.54) is 4.31 Å². The lowest BCUT2D eigenvalue weighted by Crippen LogP contribution is -2.49. The maximum absolute atomic E-state index is 12.1. The number of aliphatic carboxylic acids is 1. The molecule has 0 bridgehead atoms. The summed E-state index contributed by atoms with van der Waals surface area (Å²) in [5.41, 5.74) is 0. The van der Waals surface area contributed by atoms with Crippen LogP contribution in [-0.2, 0) is 14.8 Å². The van der Waals surface area contributed by atoms with Crippen molar-refractivity contribution in [2.75, 3.05) is 38.5 Å². The number of hydrogen-bond donors (Lipinski definition) is 1. The van der Waals surface area contributed by atoms with Gasteiger partial charge in [0.15, 0.2) is 0 Å². The summed E-state index contributed by atoms with van der Waals surface area (Å²) in [6.45, 7) is 7.97. The fourth-order valence-electron chi connectivity index (χ4n) is 2.21. The van der Waals surface area contributed by atoms with Crippen LogP contribution >= 0.6 is 0 Å². The molecule has 0 aromatic heterocycles. The minimum Gasteiger partial charge on any atom is -0.481 e. The monoisotopic (exact) mass is 306 g/mol. The smallest absolute Gasteiger partial charge is 0.303 e. The summed E-state index contributed by atoms with van der Waals surface area (Å²) < 4.78 is 25.6. The van der Waals surface area contributed by atoms with Crippen LogP contribution in [0.1, 0.15) is 33.1 Å². The van der Waals surface area contributed by atoms with E-state index in [1.54, 1.807) is 0 Å². The molecule has 1 N–H and O–H groups in total. The van der Waals surface area contributed by atoms with E-state index in [0.717, 1.165) is 26.1 Å². The predicted molar refractivity (Wildman–Crippen MR) is 78.1 cm³/mol. The van der Waals surface area contributed by atoms with E-state index in [4.69, 9.17) is 5.11 Å². The summed E-state index contributed by atoms with van der Waals surface area (Å²) in [5.74, 6) is -0.350. The SMILES string of the molecule is CC(C)CCN1CCN(S(=O)(=O)CCCC(=O)O)CC1. The number of rotatable bonds is 8. The van der Waals surface area contributed by atoms with Crippen molar-refractivity contribution >= 4 is 16.0 Å². The molecule has 6 nitrogen and oxygen atoms in total. The highest BCUT2D eigenvalue weighted by molar-refractivity contribution is 7.89. The van der Waals surface area contributed by atoms with Crippen LogP contribution in [0.4, 0.5) is 0 Å². The van der Waals surface area contributed by atoms with Gasteiger partial charge in [0.05, 0.1) is 5.75 Å². The second-order valence-corrected chi connectivity index (χ2v) is 7.82. The van der Waals surface area contributed by atoms with Gasteiger partial charge in [0.2, 0.25) is 10.0 Å². The van der Waals surface area contributed by atoms with E-state index in [2.05, 4.69) is 18.7 Å². The van der Waals surface area contributed by atoms with Gasteiger partial charge in [0.25, 0.3) is 0 Å². The number of carboxylic acids is 1. The second-order valence-electron chi connectivity index (χ2n) is 5.74. The van der Waals surface area contributed by atoms with E-state index in [-0.39, 0.29) is 18.6 Å². The summed E-state index contributed by atoms with van der Waals surface area (Å²) >= 11 is 0. The topological polar surface area (TPSA) is 77.9 Å². The van der Waals surface area contributed by atoms with Gasteiger partial charge in [-0.1, -0.05) is 13.8 Å². The Kier molecular flexibility index (Phi) is 6.91. The summed E-state index contributed by atoms with van der Waals surface area (Å²) in [4.78, 5) is 12.7. The third-order valence-corrected chi connectivity index (χ3v) is 5.50. The highest BCUT2D eigenvalue weighted by Gasteiger charge is 2.26. The third kappa shape index (κ3) is 6.19. The molecule has 1 fully saturated rings. The normalized spacial score (nSPS) is 18.6. The largest absolute Gasteiger partial charge is 0.481 e. The molecule has 1 heterocycles. The molecule has 1 aliphatic heterocycles. The zero-order valence-electron chi connectivity index (χ0n) is 12.4. The molecule has 1 saturated heterocycles. The molecule has 20 heavy (non-hydrogen) atoms. The summed E-state index contributed by atoms with van der Waals surface area (Å²) in [6, 6.07) is 0.